The summed E-state index contributed by atoms with van der Waals surface area (Å²) >= 11 is 0. The predicted octanol–water partition coefficient (Wildman–Crippen LogP) is 6.47. The summed E-state index contributed by atoms with van der Waals surface area (Å²) < 4.78 is 0. The molecule has 3 heteroatoms. The zero-order valence-electron chi connectivity index (χ0n) is 18.3. The Morgan fingerprint density at radius 1 is 0.774 bits per heavy atom. The molecule has 0 radical (unpaired) electrons. The van der Waals surface area contributed by atoms with Crippen molar-refractivity contribution in [3.8, 4) is 0 Å². The van der Waals surface area contributed by atoms with Crippen LogP contribution in [-0.4, -0.2) is 10.7 Å². The zero-order valence-corrected chi connectivity index (χ0v) is 19.2. The van der Waals surface area contributed by atoms with Crippen molar-refractivity contribution in [1.82, 2.24) is 4.98 Å². The quantitative estimate of drug-likeness (QED) is 0.258. The van der Waals surface area contributed by atoms with E-state index in [2.05, 4.69) is 111 Å². The highest BCUT2D eigenvalue weighted by atomic mass is 31.1. The minimum atomic E-state index is -0.518. The molecule has 0 aliphatic heterocycles. The van der Waals surface area contributed by atoms with Gasteiger partial charge in [0.1, 0.15) is 0 Å². The van der Waals surface area contributed by atoms with Crippen LogP contribution in [0.25, 0.3) is 0 Å². The van der Waals surface area contributed by atoms with Gasteiger partial charge in [0.05, 0.1) is 17.1 Å². The lowest BCUT2D eigenvalue weighted by atomic mass is 10.1. The third-order valence-electron chi connectivity index (χ3n) is 5.27. The molecule has 0 atom stereocenters. The first-order chi connectivity index (χ1) is 15.1. The summed E-state index contributed by atoms with van der Waals surface area (Å²) in [6.45, 7) is 6.26. The van der Waals surface area contributed by atoms with Gasteiger partial charge in [-0.05, 0) is 63.1 Å². The number of hydrogen-bond acceptors (Lipinski definition) is 2. The molecular formula is C28H27N2P. The van der Waals surface area contributed by atoms with E-state index < -0.39 is 7.92 Å². The molecule has 2 nitrogen and oxygen atoms in total. The van der Waals surface area contributed by atoms with Gasteiger partial charge < -0.3 is 0 Å². The first-order valence-corrected chi connectivity index (χ1v) is 12.1. The van der Waals surface area contributed by atoms with Crippen molar-refractivity contribution in [2.75, 3.05) is 0 Å². The monoisotopic (exact) mass is 422 g/mol. The first-order valence-electron chi connectivity index (χ1n) is 10.6. The molecule has 0 amide bonds. The maximum atomic E-state index is 4.99. The van der Waals surface area contributed by atoms with Gasteiger partial charge in [-0.3, -0.25) is 9.98 Å². The van der Waals surface area contributed by atoms with Gasteiger partial charge in [0.2, 0.25) is 0 Å². The highest BCUT2D eigenvalue weighted by molar-refractivity contribution is 7.72. The maximum absolute atomic E-state index is 4.99. The lowest BCUT2D eigenvalue weighted by Gasteiger charge is -2.18. The van der Waals surface area contributed by atoms with E-state index >= 15 is 0 Å². The van der Waals surface area contributed by atoms with Crippen molar-refractivity contribution in [3.05, 3.63) is 120 Å². The molecule has 0 saturated heterocycles. The molecule has 0 saturated carbocycles. The molecule has 1 aromatic heterocycles. The summed E-state index contributed by atoms with van der Waals surface area (Å²) in [7, 11) is -0.518. The largest absolute Gasteiger partial charge is 0.251 e. The molecule has 1 heterocycles. The third-order valence-corrected chi connectivity index (χ3v) is 7.76. The van der Waals surface area contributed by atoms with Gasteiger partial charge in [-0.1, -0.05) is 84.4 Å². The van der Waals surface area contributed by atoms with E-state index in [0.717, 1.165) is 28.9 Å². The number of hydrogen-bond donors (Lipinski definition) is 0. The molecular weight excluding hydrogens is 395 g/mol. The van der Waals surface area contributed by atoms with E-state index in [-0.39, 0.29) is 0 Å². The van der Waals surface area contributed by atoms with Crippen molar-refractivity contribution in [1.29, 1.82) is 0 Å². The summed E-state index contributed by atoms with van der Waals surface area (Å²) in [4.78, 5) is 9.86. The van der Waals surface area contributed by atoms with Crippen molar-refractivity contribution in [3.63, 3.8) is 0 Å². The van der Waals surface area contributed by atoms with Crippen LogP contribution >= 0.6 is 7.92 Å². The summed E-state index contributed by atoms with van der Waals surface area (Å²) in [5.41, 5.74) is 6.43. The van der Waals surface area contributed by atoms with E-state index in [1.807, 2.05) is 6.92 Å². The standard InChI is InChI=1S/C28H27N2P/c1-21-17-18-27(22(2)19-21)29-23(3)28-16-10-11-24(30-28)20-31(25-12-6-4-7-13-25)26-14-8-5-9-15-26/h4-19H,20H2,1-3H3. The van der Waals surface area contributed by atoms with Gasteiger partial charge in [-0.25, -0.2) is 0 Å². The Morgan fingerprint density at radius 2 is 1.42 bits per heavy atom. The maximum Gasteiger partial charge on any atom is 0.0845 e. The van der Waals surface area contributed by atoms with Gasteiger partial charge in [-0.2, -0.15) is 0 Å². The van der Waals surface area contributed by atoms with Crippen molar-refractivity contribution in [2.24, 2.45) is 4.99 Å². The number of aliphatic imine (C=N–C) groups is 1. The molecule has 0 fully saturated rings. The number of pyridine rings is 1. The smallest absolute Gasteiger partial charge is 0.0845 e. The normalized spacial score (nSPS) is 11.7. The Hall–Kier alpha value is -3.09. The zero-order chi connectivity index (χ0) is 21.6. The van der Waals surface area contributed by atoms with Crippen LogP contribution in [0.15, 0.2) is 102 Å². The van der Waals surface area contributed by atoms with E-state index in [0.29, 0.717) is 0 Å². The minimum Gasteiger partial charge on any atom is -0.251 e. The van der Waals surface area contributed by atoms with Crippen molar-refractivity contribution < 1.29 is 0 Å². The number of rotatable bonds is 6. The molecule has 0 aliphatic carbocycles. The van der Waals surface area contributed by atoms with E-state index in [1.54, 1.807) is 0 Å². The minimum absolute atomic E-state index is 0.518. The van der Waals surface area contributed by atoms with Crippen molar-refractivity contribution in [2.45, 2.75) is 26.9 Å². The highest BCUT2D eigenvalue weighted by Crippen LogP contribution is 2.37. The van der Waals surface area contributed by atoms with Crippen LogP contribution in [0.5, 0.6) is 0 Å². The Labute approximate surface area is 186 Å². The molecule has 0 spiro atoms. The molecule has 154 valence electrons. The Bertz CT molecular complexity index is 1140. The average molecular weight is 423 g/mol. The van der Waals surface area contributed by atoms with Gasteiger partial charge >= 0.3 is 0 Å². The van der Waals surface area contributed by atoms with Crippen LogP contribution in [0, 0.1) is 13.8 Å². The summed E-state index contributed by atoms with van der Waals surface area (Å²) in [5, 5.41) is 2.74. The lowest BCUT2D eigenvalue weighted by Crippen LogP contribution is -2.14. The first kappa shape index (κ1) is 21.2. The fraction of sp³-hybridized carbons (Fsp3) is 0.143. The Balaban J connectivity index is 1.64. The second-order valence-corrected chi connectivity index (χ2v) is 9.96. The van der Waals surface area contributed by atoms with E-state index in [9.17, 15) is 0 Å². The molecule has 4 aromatic rings. The van der Waals surface area contributed by atoms with Gasteiger partial charge in [-0.15, -0.1) is 0 Å². The number of aromatic nitrogens is 1. The van der Waals surface area contributed by atoms with E-state index in [1.165, 1.54) is 21.7 Å². The molecule has 0 N–H and O–H groups in total. The fourth-order valence-electron chi connectivity index (χ4n) is 3.65. The Morgan fingerprint density at radius 3 is 2.03 bits per heavy atom. The average Bonchev–Trinajstić information content (AvgIpc) is 2.80. The molecule has 0 unspecified atom stereocenters. The summed E-state index contributed by atoms with van der Waals surface area (Å²) in [6.07, 6.45) is 0.911. The van der Waals surface area contributed by atoms with Crippen LogP contribution in [0.3, 0.4) is 0 Å². The molecule has 0 bridgehead atoms. The van der Waals surface area contributed by atoms with Crippen molar-refractivity contribution >= 4 is 29.9 Å². The van der Waals surface area contributed by atoms with Gasteiger partial charge in [0.25, 0.3) is 0 Å². The second kappa shape index (κ2) is 9.81. The third kappa shape index (κ3) is 5.34. The Kier molecular flexibility index (Phi) is 6.70. The van der Waals surface area contributed by atoms with Crippen LogP contribution in [0.4, 0.5) is 5.69 Å². The second-order valence-electron chi connectivity index (χ2n) is 7.76. The van der Waals surface area contributed by atoms with Crippen LogP contribution in [-0.2, 0) is 6.16 Å². The molecule has 31 heavy (non-hydrogen) atoms. The molecule has 3 aromatic carbocycles. The van der Waals surface area contributed by atoms with Crippen LogP contribution in [0.2, 0.25) is 0 Å². The van der Waals surface area contributed by atoms with Crippen LogP contribution < -0.4 is 10.6 Å². The highest BCUT2D eigenvalue weighted by Gasteiger charge is 2.15. The molecule has 0 aliphatic rings. The fourth-order valence-corrected chi connectivity index (χ4v) is 5.87. The van der Waals surface area contributed by atoms with Crippen LogP contribution in [0.1, 0.15) is 29.4 Å². The summed E-state index contributed by atoms with van der Waals surface area (Å²) in [5.74, 6) is 0. The predicted molar refractivity (Wildman–Crippen MR) is 135 cm³/mol. The summed E-state index contributed by atoms with van der Waals surface area (Å²) in [6, 6.07) is 34.2. The van der Waals surface area contributed by atoms with Gasteiger partial charge in [0.15, 0.2) is 0 Å². The van der Waals surface area contributed by atoms with Gasteiger partial charge in [0, 0.05) is 11.9 Å². The number of nitrogens with zero attached hydrogens (tertiary/aromatic N) is 2. The van der Waals surface area contributed by atoms with E-state index in [4.69, 9.17) is 9.98 Å². The molecule has 4 rings (SSSR count). The lowest BCUT2D eigenvalue weighted by molar-refractivity contribution is 1.15. The number of benzene rings is 3. The number of aryl methyl sites for hydroxylation is 2. The SMILES string of the molecule is CC(=Nc1ccc(C)cc1C)c1cccc(CP(c2ccccc2)c2ccccc2)n1. The topological polar surface area (TPSA) is 25.2 Å².